The third-order valence-corrected chi connectivity index (χ3v) is 5.48. The second-order valence-corrected chi connectivity index (χ2v) is 8.01. The summed E-state index contributed by atoms with van der Waals surface area (Å²) in [5, 5.41) is 3.57. The van der Waals surface area contributed by atoms with Crippen molar-refractivity contribution in [2.45, 2.75) is 58.4 Å². The number of hydrogen-bond donors (Lipinski definition) is 1. The molecule has 1 aromatic rings. The zero-order chi connectivity index (χ0) is 16.0. The number of anilines is 1. The Morgan fingerprint density at radius 1 is 1.26 bits per heavy atom. The Hall–Kier alpha value is -1.22. The molecular weight excluding hydrogens is 284 g/mol. The van der Waals surface area contributed by atoms with E-state index in [2.05, 4.69) is 37.1 Å². The van der Waals surface area contributed by atoms with E-state index < -0.39 is 0 Å². The number of nitrogens with one attached hydrogen (secondary N) is 1. The summed E-state index contributed by atoms with van der Waals surface area (Å²) in [6.45, 7) is 11.1. The lowest BCUT2D eigenvalue weighted by molar-refractivity contribution is 0.265. The van der Waals surface area contributed by atoms with Gasteiger partial charge in [0.2, 0.25) is 0 Å². The van der Waals surface area contributed by atoms with Crippen molar-refractivity contribution < 1.29 is 4.74 Å². The first-order valence-electron chi connectivity index (χ1n) is 9.44. The third kappa shape index (κ3) is 2.84. The van der Waals surface area contributed by atoms with E-state index in [1.54, 1.807) is 11.1 Å². The van der Waals surface area contributed by atoms with Crippen molar-refractivity contribution >= 4 is 5.69 Å². The molecule has 2 aliphatic heterocycles. The lowest BCUT2D eigenvalue weighted by Gasteiger charge is -2.40. The minimum atomic E-state index is 0.476. The zero-order valence-corrected chi connectivity index (χ0v) is 14.8. The summed E-state index contributed by atoms with van der Waals surface area (Å²) in [5.74, 6) is 2.61. The lowest BCUT2D eigenvalue weighted by atomic mass is 9.90. The summed E-state index contributed by atoms with van der Waals surface area (Å²) in [6.07, 6.45) is 5.05. The van der Waals surface area contributed by atoms with Gasteiger partial charge in [0.1, 0.15) is 12.4 Å². The van der Waals surface area contributed by atoms with E-state index in [4.69, 9.17) is 4.74 Å². The molecule has 1 saturated carbocycles. The van der Waals surface area contributed by atoms with Gasteiger partial charge in [-0.2, -0.15) is 0 Å². The fourth-order valence-electron chi connectivity index (χ4n) is 4.25. The van der Waals surface area contributed by atoms with Crippen LogP contribution in [0.1, 0.15) is 56.2 Å². The van der Waals surface area contributed by atoms with Gasteiger partial charge in [-0.3, -0.25) is 0 Å². The van der Waals surface area contributed by atoms with E-state index >= 15 is 0 Å². The van der Waals surface area contributed by atoms with Gasteiger partial charge >= 0.3 is 0 Å². The first-order chi connectivity index (χ1) is 11.1. The minimum absolute atomic E-state index is 0.476. The van der Waals surface area contributed by atoms with Crippen LogP contribution in [0.2, 0.25) is 0 Å². The first-order valence-corrected chi connectivity index (χ1v) is 9.44. The molecule has 1 aromatic carbocycles. The molecule has 0 amide bonds. The Morgan fingerprint density at radius 2 is 2.04 bits per heavy atom. The van der Waals surface area contributed by atoms with Gasteiger partial charge in [0.15, 0.2) is 0 Å². The third-order valence-electron chi connectivity index (χ3n) is 5.48. The Labute approximate surface area is 140 Å². The van der Waals surface area contributed by atoms with Gasteiger partial charge in [0, 0.05) is 6.54 Å². The van der Waals surface area contributed by atoms with Crippen molar-refractivity contribution in [1.82, 2.24) is 5.32 Å². The SMILES string of the molecule is CC(C)CN1c2c(cc3c(c2C2CC2)CCNCC3)OC[C@H]1C. The molecule has 1 atom stereocenters. The highest BCUT2D eigenvalue weighted by molar-refractivity contribution is 5.71. The summed E-state index contributed by atoms with van der Waals surface area (Å²) in [5.41, 5.74) is 6.27. The van der Waals surface area contributed by atoms with Crippen molar-refractivity contribution in [3.8, 4) is 5.75 Å². The van der Waals surface area contributed by atoms with Crippen LogP contribution in [-0.2, 0) is 12.8 Å². The number of ether oxygens (including phenoxy) is 1. The van der Waals surface area contributed by atoms with Crippen LogP contribution in [0, 0.1) is 5.92 Å². The normalized spacial score (nSPS) is 24.0. The molecule has 0 unspecified atom stereocenters. The number of rotatable bonds is 3. The summed E-state index contributed by atoms with van der Waals surface area (Å²) in [4.78, 5) is 2.65. The van der Waals surface area contributed by atoms with Gasteiger partial charge < -0.3 is 15.0 Å². The van der Waals surface area contributed by atoms with E-state index in [1.807, 2.05) is 0 Å². The van der Waals surface area contributed by atoms with Crippen LogP contribution in [0.5, 0.6) is 5.75 Å². The number of benzene rings is 1. The van der Waals surface area contributed by atoms with Gasteiger partial charge in [0.05, 0.1) is 11.7 Å². The molecule has 1 fully saturated rings. The van der Waals surface area contributed by atoms with Crippen LogP contribution in [0.25, 0.3) is 0 Å². The van der Waals surface area contributed by atoms with E-state index in [0.717, 1.165) is 44.3 Å². The fraction of sp³-hybridized carbons (Fsp3) is 0.700. The Balaban J connectivity index is 1.86. The molecule has 126 valence electrons. The van der Waals surface area contributed by atoms with Gasteiger partial charge in [0.25, 0.3) is 0 Å². The largest absolute Gasteiger partial charge is 0.489 e. The number of nitrogens with zero attached hydrogens (tertiary/aromatic N) is 1. The Bertz CT molecular complexity index is 592. The van der Waals surface area contributed by atoms with Crippen LogP contribution in [0.4, 0.5) is 5.69 Å². The Morgan fingerprint density at radius 3 is 2.78 bits per heavy atom. The zero-order valence-electron chi connectivity index (χ0n) is 14.8. The van der Waals surface area contributed by atoms with Gasteiger partial charge in [-0.1, -0.05) is 13.8 Å². The average Bonchev–Trinajstić information content (AvgIpc) is 3.34. The molecule has 0 saturated heterocycles. The predicted octanol–water partition coefficient (Wildman–Crippen LogP) is 3.50. The van der Waals surface area contributed by atoms with Crippen molar-refractivity contribution in [1.29, 1.82) is 0 Å². The van der Waals surface area contributed by atoms with Gasteiger partial charge in [-0.05, 0) is 80.3 Å². The molecule has 0 bridgehead atoms. The highest BCUT2D eigenvalue weighted by Crippen LogP contribution is 2.52. The highest BCUT2D eigenvalue weighted by Gasteiger charge is 2.37. The number of hydrogen-bond acceptors (Lipinski definition) is 3. The summed E-state index contributed by atoms with van der Waals surface area (Å²) in [7, 11) is 0. The highest BCUT2D eigenvalue weighted by atomic mass is 16.5. The van der Waals surface area contributed by atoms with Crippen LogP contribution in [0.3, 0.4) is 0 Å². The second kappa shape index (κ2) is 6.01. The molecule has 3 heteroatoms. The van der Waals surface area contributed by atoms with Crippen molar-refractivity contribution in [3.05, 3.63) is 22.8 Å². The quantitative estimate of drug-likeness (QED) is 0.924. The van der Waals surface area contributed by atoms with Gasteiger partial charge in [-0.25, -0.2) is 0 Å². The average molecular weight is 314 g/mol. The van der Waals surface area contributed by atoms with Crippen molar-refractivity contribution in [2.24, 2.45) is 5.92 Å². The molecule has 0 radical (unpaired) electrons. The molecule has 4 rings (SSSR count). The lowest BCUT2D eigenvalue weighted by Crippen LogP contribution is -2.43. The topological polar surface area (TPSA) is 24.5 Å². The molecule has 2 heterocycles. The number of fused-ring (bicyclic) bond motifs is 2. The molecule has 23 heavy (non-hydrogen) atoms. The minimum Gasteiger partial charge on any atom is -0.489 e. The smallest absolute Gasteiger partial charge is 0.143 e. The van der Waals surface area contributed by atoms with E-state index in [1.165, 1.54) is 30.5 Å². The molecule has 1 aliphatic carbocycles. The Kier molecular flexibility index (Phi) is 4.00. The second-order valence-electron chi connectivity index (χ2n) is 8.01. The summed E-state index contributed by atoms with van der Waals surface area (Å²) >= 11 is 0. The molecule has 1 N–H and O–H groups in total. The maximum Gasteiger partial charge on any atom is 0.143 e. The molecule has 0 spiro atoms. The van der Waals surface area contributed by atoms with Crippen LogP contribution in [-0.4, -0.2) is 32.3 Å². The standard InChI is InChI=1S/C20H30N2O/c1-13(2)11-22-14(3)12-23-18-10-16-6-8-21-9-7-17(16)19(20(18)22)15-4-5-15/h10,13-15,21H,4-9,11-12H2,1-3H3/t14-/m1/s1. The van der Waals surface area contributed by atoms with Crippen LogP contribution >= 0.6 is 0 Å². The van der Waals surface area contributed by atoms with E-state index in [0.29, 0.717) is 12.0 Å². The van der Waals surface area contributed by atoms with Gasteiger partial charge in [-0.15, -0.1) is 0 Å². The summed E-state index contributed by atoms with van der Waals surface area (Å²) < 4.78 is 6.21. The van der Waals surface area contributed by atoms with Crippen molar-refractivity contribution in [3.63, 3.8) is 0 Å². The van der Waals surface area contributed by atoms with Crippen LogP contribution < -0.4 is 15.0 Å². The maximum atomic E-state index is 6.21. The van der Waals surface area contributed by atoms with Crippen molar-refractivity contribution in [2.75, 3.05) is 31.1 Å². The molecule has 0 aromatic heterocycles. The maximum absolute atomic E-state index is 6.21. The molecule has 3 aliphatic rings. The fourth-order valence-corrected chi connectivity index (χ4v) is 4.25. The van der Waals surface area contributed by atoms with E-state index in [-0.39, 0.29) is 0 Å². The first kappa shape index (κ1) is 15.3. The molecular formula is C20H30N2O. The monoisotopic (exact) mass is 314 g/mol. The van der Waals surface area contributed by atoms with Crippen LogP contribution in [0.15, 0.2) is 6.07 Å². The molecule has 3 nitrogen and oxygen atoms in total. The predicted molar refractivity (Wildman–Crippen MR) is 95.8 cm³/mol. The van der Waals surface area contributed by atoms with E-state index in [9.17, 15) is 0 Å². The summed E-state index contributed by atoms with van der Waals surface area (Å²) in [6, 6.07) is 2.84.